The predicted octanol–water partition coefficient (Wildman–Crippen LogP) is 4.00. The Bertz CT molecular complexity index is 449. The standard InChI is InChI=1S/C16H26N2S2/c1-12-10-14(13-4-9-19-15(13)20-12)17-11-16(2)5-7-18(3)8-6-16/h4,9,12,14,17H,5-8,10-11H2,1-3H3/t12-,14?/m0/s1. The minimum atomic E-state index is 0.483. The van der Waals surface area contributed by atoms with E-state index in [0.717, 1.165) is 11.8 Å². The topological polar surface area (TPSA) is 15.3 Å². The second-order valence-electron chi connectivity index (χ2n) is 6.87. The molecule has 1 N–H and O–H groups in total. The third kappa shape index (κ3) is 3.24. The molecular weight excluding hydrogens is 284 g/mol. The molecule has 0 spiro atoms. The van der Waals surface area contributed by atoms with Gasteiger partial charge in [-0.2, -0.15) is 0 Å². The van der Waals surface area contributed by atoms with E-state index < -0.39 is 0 Å². The third-order valence-electron chi connectivity index (χ3n) is 4.88. The molecule has 0 saturated carbocycles. The SMILES string of the molecule is C[C@H]1CC(NCC2(C)CCN(C)CC2)c2ccsc2S1. The first kappa shape index (κ1) is 14.9. The number of hydrogen-bond donors (Lipinski definition) is 1. The van der Waals surface area contributed by atoms with Crippen molar-refractivity contribution in [2.75, 3.05) is 26.7 Å². The number of nitrogens with zero attached hydrogens (tertiary/aromatic N) is 1. The van der Waals surface area contributed by atoms with Crippen molar-refractivity contribution in [3.8, 4) is 0 Å². The molecule has 1 fully saturated rings. The summed E-state index contributed by atoms with van der Waals surface area (Å²) in [4.78, 5) is 2.46. The molecule has 2 atom stereocenters. The quantitative estimate of drug-likeness (QED) is 0.908. The van der Waals surface area contributed by atoms with E-state index in [1.54, 1.807) is 5.56 Å². The smallest absolute Gasteiger partial charge is 0.0649 e. The van der Waals surface area contributed by atoms with E-state index >= 15 is 0 Å². The molecule has 0 aromatic carbocycles. The van der Waals surface area contributed by atoms with Crippen LogP contribution in [0.15, 0.2) is 15.7 Å². The average molecular weight is 311 g/mol. The number of rotatable bonds is 3. The summed E-state index contributed by atoms with van der Waals surface area (Å²) in [7, 11) is 2.24. The summed E-state index contributed by atoms with van der Waals surface area (Å²) in [5, 5.41) is 6.89. The Kier molecular flexibility index (Phi) is 4.46. The van der Waals surface area contributed by atoms with Gasteiger partial charge in [0.25, 0.3) is 0 Å². The van der Waals surface area contributed by atoms with E-state index in [2.05, 4.69) is 54.3 Å². The number of thiophene rings is 1. The molecule has 2 nitrogen and oxygen atoms in total. The minimum absolute atomic E-state index is 0.483. The Morgan fingerprint density at radius 3 is 2.90 bits per heavy atom. The molecule has 3 rings (SSSR count). The monoisotopic (exact) mass is 310 g/mol. The second kappa shape index (κ2) is 5.99. The summed E-state index contributed by atoms with van der Waals surface area (Å²) in [6.45, 7) is 8.48. The van der Waals surface area contributed by atoms with Crippen LogP contribution in [0.2, 0.25) is 0 Å². The lowest BCUT2D eigenvalue weighted by molar-refractivity contribution is 0.132. The van der Waals surface area contributed by atoms with Gasteiger partial charge < -0.3 is 10.2 Å². The molecule has 2 aliphatic rings. The Hall–Kier alpha value is -0.0300. The van der Waals surface area contributed by atoms with Gasteiger partial charge in [-0.05, 0) is 61.8 Å². The highest BCUT2D eigenvalue weighted by atomic mass is 32.2. The van der Waals surface area contributed by atoms with Crippen LogP contribution in [0.1, 0.15) is 44.7 Å². The number of fused-ring (bicyclic) bond motifs is 1. The molecule has 1 aromatic rings. The first-order chi connectivity index (χ1) is 9.56. The van der Waals surface area contributed by atoms with Crippen molar-refractivity contribution in [2.45, 2.75) is 48.6 Å². The summed E-state index contributed by atoms with van der Waals surface area (Å²) in [6, 6.07) is 2.90. The lowest BCUT2D eigenvalue weighted by atomic mass is 9.80. The maximum atomic E-state index is 3.89. The molecule has 2 aliphatic heterocycles. The molecule has 0 aliphatic carbocycles. The molecule has 0 radical (unpaired) electrons. The molecule has 20 heavy (non-hydrogen) atoms. The predicted molar refractivity (Wildman–Crippen MR) is 89.8 cm³/mol. The van der Waals surface area contributed by atoms with Crippen LogP contribution in [-0.4, -0.2) is 36.8 Å². The molecular formula is C16H26N2S2. The van der Waals surface area contributed by atoms with E-state index in [0.29, 0.717) is 11.5 Å². The fraction of sp³-hybridized carbons (Fsp3) is 0.750. The summed E-state index contributed by atoms with van der Waals surface area (Å²) in [5.41, 5.74) is 2.03. The molecule has 1 aromatic heterocycles. The van der Waals surface area contributed by atoms with Gasteiger partial charge in [-0.1, -0.05) is 13.8 Å². The first-order valence-electron chi connectivity index (χ1n) is 7.72. The zero-order chi connectivity index (χ0) is 14.2. The zero-order valence-electron chi connectivity index (χ0n) is 12.8. The lowest BCUT2D eigenvalue weighted by Crippen LogP contribution is -2.43. The van der Waals surface area contributed by atoms with E-state index in [1.165, 1.54) is 36.6 Å². The minimum Gasteiger partial charge on any atom is -0.309 e. The van der Waals surface area contributed by atoms with Gasteiger partial charge in [-0.25, -0.2) is 0 Å². The molecule has 0 amide bonds. The number of piperidine rings is 1. The maximum Gasteiger partial charge on any atom is 0.0649 e. The fourth-order valence-electron chi connectivity index (χ4n) is 3.25. The van der Waals surface area contributed by atoms with E-state index in [4.69, 9.17) is 0 Å². The number of thioether (sulfide) groups is 1. The summed E-state index contributed by atoms with van der Waals surface area (Å²) < 4.78 is 1.54. The van der Waals surface area contributed by atoms with Gasteiger partial charge in [-0.3, -0.25) is 0 Å². The summed E-state index contributed by atoms with van der Waals surface area (Å²) >= 11 is 3.96. The maximum absolute atomic E-state index is 3.89. The fourth-order valence-corrected chi connectivity index (χ4v) is 5.81. The highest BCUT2D eigenvalue weighted by molar-refractivity contribution is 8.01. The van der Waals surface area contributed by atoms with Crippen molar-refractivity contribution in [3.63, 3.8) is 0 Å². The van der Waals surface area contributed by atoms with Crippen molar-refractivity contribution in [3.05, 3.63) is 17.0 Å². The van der Waals surface area contributed by atoms with E-state index in [-0.39, 0.29) is 0 Å². The Morgan fingerprint density at radius 2 is 2.15 bits per heavy atom. The van der Waals surface area contributed by atoms with E-state index in [1.807, 2.05) is 11.3 Å². The average Bonchev–Trinajstić information content (AvgIpc) is 2.88. The van der Waals surface area contributed by atoms with Gasteiger partial charge >= 0.3 is 0 Å². The largest absolute Gasteiger partial charge is 0.309 e. The molecule has 112 valence electrons. The Morgan fingerprint density at radius 1 is 1.40 bits per heavy atom. The first-order valence-corrected chi connectivity index (χ1v) is 9.48. The van der Waals surface area contributed by atoms with Gasteiger partial charge in [0.1, 0.15) is 0 Å². The van der Waals surface area contributed by atoms with Gasteiger partial charge in [0, 0.05) is 17.8 Å². The van der Waals surface area contributed by atoms with Crippen molar-refractivity contribution < 1.29 is 0 Å². The van der Waals surface area contributed by atoms with Crippen molar-refractivity contribution >= 4 is 23.1 Å². The summed E-state index contributed by atoms with van der Waals surface area (Å²) in [6.07, 6.45) is 3.92. The number of likely N-dealkylation sites (tertiary alicyclic amines) is 1. The van der Waals surface area contributed by atoms with Gasteiger partial charge in [0.2, 0.25) is 0 Å². The molecule has 1 unspecified atom stereocenters. The molecule has 4 heteroatoms. The van der Waals surface area contributed by atoms with E-state index in [9.17, 15) is 0 Å². The van der Waals surface area contributed by atoms with Crippen LogP contribution >= 0.6 is 23.1 Å². The number of nitrogens with one attached hydrogen (secondary N) is 1. The third-order valence-corrected chi connectivity index (χ3v) is 7.22. The zero-order valence-corrected chi connectivity index (χ0v) is 14.4. The molecule has 0 bridgehead atoms. The van der Waals surface area contributed by atoms with Crippen LogP contribution in [0.4, 0.5) is 0 Å². The van der Waals surface area contributed by atoms with Crippen LogP contribution in [-0.2, 0) is 0 Å². The van der Waals surface area contributed by atoms with Gasteiger partial charge in [0.15, 0.2) is 0 Å². The van der Waals surface area contributed by atoms with Gasteiger partial charge in [-0.15, -0.1) is 23.1 Å². The second-order valence-corrected chi connectivity index (χ2v) is 9.50. The van der Waals surface area contributed by atoms with Crippen LogP contribution in [0.5, 0.6) is 0 Å². The van der Waals surface area contributed by atoms with Crippen molar-refractivity contribution in [1.29, 1.82) is 0 Å². The summed E-state index contributed by atoms with van der Waals surface area (Å²) in [5.74, 6) is 0. The Balaban J connectivity index is 1.62. The highest BCUT2D eigenvalue weighted by Crippen LogP contribution is 2.44. The van der Waals surface area contributed by atoms with Gasteiger partial charge in [0.05, 0.1) is 4.21 Å². The van der Waals surface area contributed by atoms with Crippen LogP contribution in [0, 0.1) is 5.41 Å². The van der Waals surface area contributed by atoms with Crippen molar-refractivity contribution in [1.82, 2.24) is 10.2 Å². The molecule has 1 saturated heterocycles. The van der Waals surface area contributed by atoms with Crippen LogP contribution < -0.4 is 5.32 Å². The molecule has 3 heterocycles. The normalized spacial score (nSPS) is 30.1. The van der Waals surface area contributed by atoms with Crippen LogP contribution in [0.3, 0.4) is 0 Å². The Labute approximate surface area is 131 Å². The van der Waals surface area contributed by atoms with Crippen LogP contribution in [0.25, 0.3) is 0 Å². The number of hydrogen-bond acceptors (Lipinski definition) is 4. The lowest BCUT2D eigenvalue weighted by Gasteiger charge is -2.39. The highest BCUT2D eigenvalue weighted by Gasteiger charge is 2.31. The van der Waals surface area contributed by atoms with Crippen molar-refractivity contribution in [2.24, 2.45) is 5.41 Å².